The first-order chi connectivity index (χ1) is 25.9. The molecule has 0 radical (unpaired) electrons. The predicted octanol–water partition coefficient (Wildman–Crippen LogP) is 9.75. The standard InChI is InChI=1S/C45H35FO6S/c46-41-39(28-50-43(47)36-22-16-33(17-23-36)30-10-4-1-5-11-30)53-40(29-51-44(48)37-24-18-34(19-25-37)31-12-6-2-7-13-31)42(41)52-45(49)38-26-20-35(21-27-38)32-14-8-3-9-15-32/h1-27,39-42H,28-29H2/t39?,40-,41+,42-/m1/s1. The molecule has 264 valence electrons. The van der Waals surface area contributed by atoms with Crippen LogP contribution < -0.4 is 0 Å². The minimum Gasteiger partial charge on any atom is -0.461 e. The van der Waals surface area contributed by atoms with Crippen molar-refractivity contribution in [1.82, 2.24) is 0 Å². The van der Waals surface area contributed by atoms with Crippen LogP contribution in [0.15, 0.2) is 164 Å². The molecule has 0 amide bonds. The summed E-state index contributed by atoms with van der Waals surface area (Å²) in [5, 5.41) is -1.62. The molecule has 0 N–H and O–H groups in total. The van der Waals surface area contributed by atoms with Gasteiger partial charge in [0, 0.05) is 0 Å². The lowest BCUT2D eigenvalue weighted by atomic mass is 10.0. The summed E-state index contributed by atoms with van der Waals surface area (Å²) in [5.74, 6) is -1.89. The van der Waals surface area contributed by atoms with E-state index in [1.165, 1.54) is 0 Å². The molecule has 7 rings (SSSR count). The monoisotopic (exact) mass is 722 g/mol. The number of carbonyl (C=O) groups excluding carboxylic acids is 3. The van der Waals surface area contributed by atoms with E-state index in [0.29, 0.717) is 11.1 Å². The van der Waals surface area contributed by atoms with E-state index in [9.17, 15) is 14.4 Å². The maximum absolute atomic E-state index is 16.2. The van der Waals surface area contributed by atoms with Crippen LogP contribution in [0.1, 0.15) is 31.1 Å². The Balaban J connectivity index is 1.02. The fourth-order valence-electron chi connectivity index (χ4n) is 6.16. The first kappa shape index (κ1) is 35.4. The van der Waals surface area contributed by atoms with Crippen molar-refractivity contribution in [1.29, 1.82) is 0 Å². The van der Waals surface area contributed by atoms with Crippen molar-refractivity contribution in [3.8, 4) is 33.4 Å². The van der Waals surface area contributed by atoms with Crippen molar-refractivity contribution < 1.29 is 33.0 Å². The van der Waals surface area contributed by atoms with Crippen LogP contribution >= 0.6 is 11.8 Å². The highest BCUT2D eigenvalue weighted by Gasteiger charge is 2.48. The third kappa shape index (κ3) is 8.56. The van der Waals surface area contributed by atoms with E-state index in [-0.39, 0.29) is 18.8 Å². The Morgan fingerprint density at radius 1 is 0.434 bits per heavy atom. The third-order valence-electron chi connectivity index (χ3n) is 9.07. The van der Waals surface area contributed by atoms with Gasteiger partial charge in [0.25, 0.3) is 0 Å². The van der Waals surface area contributed by atoms with Crippen LogP contribution in [-0.4, -0.2) is 53.9 Å². The fourth-order valence-corrected chi connectivity index (χ4v) is 7.57. The second-order valence-electron chi connectivity index (χ2n) is 12.6. The molecule has 6 nitrogen and oxygen atoms in total. The number of thioether (sulfide) groups is 1. The van der Waals surface area contributed by atoms with Gasteiger partial charge in [-0.1, -0.05) is 127 Å². The van der Waals surface area contributed by atoms with Crippen LogP contribution in [0.4, 0.5) is 4.39 Å². The topological polar surface area (TPSA) is 78.9 Å². The van der Waals surface area contributed by atoms with Crippen LogP contribution in [0.25, 0.3) is 33.4 Å². The summed E-state index contributed by atoms with van der Waals surface area (Å²) in [5.41, 5.74) is 6.74. The van der Waals surface area contributed by atoms with E-state index >= 15 is 4.39 Å². The number of halogens is 1. The Kier molecular flexibility index (Phi) is 11.1. The lowest BCUT2D eigenvalue weighted by Crippen LogP contribution is -2.37. The van der Waals surface area contributed by atoms with Crippen LogP contribution in [0, 0.1) is 0 Å². The number of rotatable bonds is 11. The molecule has 0 spiro atoms. The first-order valence-corrected chi connectivity index (χ1v) is 18.2. The van der Waals surface area contributed by atoms with E-state index in [1.807, 2.05) is 115 Å². The molecule has 1 unspecified atom stereocenters. The van der Waals surface area contributed by atoms with Crippen molar-refractivity contribution in [3.05, 3.63) is 180 Å². The van der Waals surface area contributed by atoms with Crippen LogP contribution in [0.2, 0.25) is 0 Å². The van der Waals surface area contributed by atoms with Crippen molar-refractivity contribution in [3.63, 3.8) is 0 Å². The Morgan fingerprint density at radius 3 is 1.13 bits per heavy atom. The molecular weight excluding hydrogens is 688 g/mol. The second-order valence-corrected chi connectivity index (χ2v) is 14.0. The summed E-state index contributed by atoms with van der Waals surface area (Å²) in [4.78, 5) is 39.4. The molecule has 8 heteroatoms. The van der Waals surface area contributed by atoms with Crippen molar-refractivity contribution in [2.75, 3.05) is 13.2 Å². The average Bonchev–Trinajstić information content (AvgIpc) is 3.52. The molecule has 0 saturated carbocycles. The van der Waals surface area contributed by atoms with Gasteiger partial charge in [0.05, 0.1) is 27.2 Å². The third-order valence-corrected chi connectivity index (χ3v) is 10.6. The SMILES string of the molecule is O=C(OCC1S[C@H](COC(=O)c2ccc(-c3ccccc3)cc2)[C@@H](OC(=O)c2ccc(-c3ccccc3)cc2)[C@H]1F)c1ccc(-c2ccccc2)cc1. The lowest BCUT2D eigenvalue weighted by Gasteiger charge is -2.21. The summed E-state index contributed by atoms with van der Waals surface area (Å²) >= 11 is 1.13. The zero-order chi connectivity index (χ0) is 36.6. The number of ether oxygens (including phenoxy) is 3. The zero-order valence-electron chi connectivity index (χ0n) is 28.5. The van der Waals surface area contributed by atoms with Crippen LogP contribution in [0.3, 0.4) is 0 Å². The number of carbonyl (C=O) groups is 3. The Morgan fingerprint density at radius 2 is 0.755 bits per heavy atom. The molecule has 1 aliphatic rings. The Labute approximate surface area is 311 Å². The normalized spacial score (nSPS) is 17.8. The van der Waals surface area contributed by atoms with Gasteiger partial charge >= 0.3 is 17.9 Å². The smallest absolute Gasteiger partial charge is 0.338 e. The molecule has 1 fully saturated rings. The van der Waals surface area contributed by atoms with Gasteiger partial charge in [-0.05, 0) is 69.8 Å². The van der Waals surface area contributed by atoms with Crippen molar-refractivity contribution >= 4 is 29.7 Å². The summed E-state index contributed by atoms with van der Waals surface area (Å²) < 4.78 is 33.2. The highest BCUT2D eigenvalue weighted by atomic mass is 32.2. The Hall–Kier alpha value is -5.99. The van der Waals surface area contributed by atoms with Gasteiger partial charge in [0.1, 0.15) is 19.3 Å². The largest absolute Gasteiger partial charge is 0.461 e. The minimum absolute atomic E-state index is 0.222. The van der Waals surface area contributed by atoms with Crippen LogP contribution in [-0.2, 0) is 14.2 Å². The summed E-state index contributed by atoms with van der Waals surface area (Å²) in [7, 11) is 0. The molecule has 53 heavy (non-hydrogen) atoms. The fraction of sp³-hybridized carbons (Fsp3) is 0.133. The van der Waals surface area contributed by atoms with E-state index < -0.39 is 40.7 Å². The molecular formula is C45H35FO6S. The van der Waals surface area contributed by atoms with E-state index in [0.717, 1.165) is 45.1 Å². The molecule has 6 aromatic carbocycles. The van der Waals surface area contributed by atoms with Crippen molar-refractivity contribution in [2.24, 2.45) is 0 Å². The van der Waals surface area contributed by atoms with E-state index in [2.05, 4.69) is 0 Å². The number of hydrogen-bond acceptors (Lipinski definition) is 7. The van der Waals surface area contributed by atoms with Gasteiger partial charge in [0.2, 0.25) is 0 Å². The minimum atomic E-state index is -1.70. The lowest BCUT2D eigenvalue weighted by molar-refractivity contribution is -0.00245. The molecule has 0 bridgehead atoms. The highest BCUT2D eigenvalue weighted by molar-refractivity contribution is 8.01. The maximum Gasteiger partial charge on any atom is 0.338 e. The summed E-state index contributed by atoms with van der Waals surface area (Å²) in [6.07, 6.45) is -2.96. The maximum atomic E-state index is 16.2. The van der Waals surface area contributed by atoms with Gasteiger partial charge in [0.15, 0.2) is 6.17 Å². The van der Waals surface area contributed by atoms with Gasteiger partial charge in [-0.25, -0.2) is 18.8 Å². The first-order valence-electron chi connectivity index (χ1n) is 17.2. The predicted molar refractivity (Wildman–Crippen MR) is 205 cm³/mol. The molecule has 1 aliphatic heterocycles. The van der Waals surface area contributed by atoms with Gasteiger partial charge in [-0.2, -0.15) is 0 Å². The highest BCUT2D eigenvalue weighted by Crippen LogP contribution is 2.39. The van der Waals surface area contributed by atoms with Gasteiger partial charge < -0.3 is 14.2 Å². The molecule has 0 aromatic heterocycles. The van der Waals surface area contributed by atoms with E-state index in [4.69, 9.17) is 14.2 Å². The average molecular weight is 723 g/mol. The number of esters is 3. The van der Waals surface area contributed by atoms with Gasteiger partial charge in [-0.15, -0.1) is 11.8 Å². The number of benzene rings is 6. The Bertz CT molecular complexity index is 2140. The van der Waals surface area contributed by atoms with Crippen LogP contribution in [0.5, 0.6) is 0 Å². The quantitative estimate of drug-likeness (QED) is 0.0974. The summed E-state index contributed by atoms with van der Waals surface area (Å²) in [6, 6.07) is 50.1. The van der Waals surface area contributed by atoms with Gasteiger partial charge in [-0.3, -0.25) is 0 Å². The molecule has 1 saturated heterocycles. The summed E-state index contributed by atoms with van der Waals surface area (Å²) in [6.45, 7) is -0.489. The van der Waals surface area contributed by atoms with Crippen molar-refractivity contribution in [2.45, 2.75) is 22.8 Å². The molecule has 0 aliphatic carbocycles. The number of hydrogen-bond donors (Lipinski definition) is 0. The van der Waals surface area contributed by atoms with E-state index in [1.54, 1.807) is 48.5 Å². The molecule has 4 atom stereocenters. The number of alkyl halides is 1. The zero-order valence-corrected chi connectivity index (χ0v) is 29.4. The molecule has 6 aromatic rings. The molecule has 1 heterocycles. The second kappa shape index (κ2) is 16.6.